The lowest BCUT2D eigenvalue weighted by Gasteiger charge is -2.17. The lowest BCUT2D eigenvalue weighted by molar-refractivity contribution is 0.427. The molecule has 0 aromatic carbocycles. The number of halogens is 1. The SMILES string of the molecule is CS(=O)(=O)N[C@H]1CN(c2cccnn2)C[C@@H]1C1CC1.Cl. The molecule has 2 aliphatic rings. The van der Waals surface area contributed by atoms with Gasteiger partial charge in [-0.25, -0.2) is 13.1 Å². The summed E-state index contributed by atoms with van der Waals surface area (Å²) in [5.41, 5.74) is 0. The van der Waals surface area contributed by atoms with Crippen molar-refractivity contribution < 1.29 is 8.42 Å². The Morgan fingerprint density at radius 3 is 2.65 bits per heavy atom. The summed E-state index contributed by atoms with van der Waals surface area (Å²) < 4.78 is 25.7. The van der Waals surface area contributed by atoms with Gasteiger partial charge in [-0.3, -0.25) is 0 Å². The van der Waals surface area contributed by atoms with E-state index in [0.717, 1.165) is 12.4 Å². The van der Waals surface area contributed by atoms with Crippen molar-refractivity contribution in [2.24, 2.45) is 11.8 Å². The topological polar surface area (TPSA) is 75.2 Å². The predicted octanol–water partition coefficient (Wildman–Crippen LogP) is 0.662. The molecule has 1 aromatic rings. The van der Waals surface area contributed by atoms with E-state index >= 15 is 0 Å². The fourth-order valence-electron chi connectivity index (χ4n) is 2.88. The molecule has 3 rings (SSSR count). The zero-order chi connectivity index (χ0) is 13.5. The molecule has 112 valence electrons. The molecule has 0 bridgehead atoms. The molecule has 1 saturated heterocycles. The zero-order valence-electron chi connectivity index (χ0n) is 11.3. The van der Waals surface area contributed by atoms with Gasteiger partial charge in [0.1, 0.15) is 0 Å². The number of rotatable bonds is 4. The van der Waals surface area contributed by atoms with Gasteiger partial charge in [-0.1, -0.05) is 0 Å². The minimum absolute atomic E-state index is 0. The molecule has 0 radical (unpaired) electrons. The van der Waals surface area contributed by atoms with E-state index < -0.39 is 10.0 Å². The van der Waals surface area contributed by atoms with Gasteiger partial charge in [0.25, 0.3) is 0 Å². The van der Waals surface area contributed by atoms with Crippen molar-refractivity contribution in [3.8, 4) is 0 Å². The normalized spacial score (nSPS) is 26.4. The summed E-state index contributed by atoms with van der Waals surface area (Å²) in [5.74, 6) is 1.86. The van der Waals surface area contributed by atoms with Crippen LogP contribution in [0.1, 0.15) is 12.8 Å². The van der Waals surface area contributed by atoms with Crippen molar-refractivity contribution in [2.75, 3.05) is 24.2 Å². The highest BCUT2D eigenvalue weighted by atomic mass is 35.5. The predicted molar refractivity (Wildman–Crippen MR) is 79.5 cm³/mol. The minimum Gasteiger partial charge on any atom is -0.353 e. The van der Waals surface area contributed by atoms with E-state index in [1.165, 1.54) is 19.1 Å². The first-order chi connectivity index (χ1) is 9.03. The van der Waals surface area contributed by atoms with Crippen LogP contribution in [0.5, 0.6) is 0 Å². The first-order valence-electron chi connectivity index (χ1n) is 6.53. The number of hydrogen-bond donors (Lipinski definition) is 1. The third-order valence-electron chi connectivity index (χ3n) is 3.84. The Hall–Kier alpha value is -0.920. The van der Waals surface area contributed by atoms with Crippen molar-refractivity contribution in [1.82, 2.24) is 14.9 Å². The van der Waals surface area contributed by atoms with Crippen LogP contribution in [0.3, 0.4) is 0 Å². The molecule has 0 unspecified atom stereocenters. The number of sulfonamides is 1. The van der Waals surface area contributed by atoms with E-state index in [1.54, 1.807) is 6.20 Å². The monoisotopic (exact) mass is 318 g/mol. The van der Waals surface area contributed by atoms with Gasteiger partial charge in [0.2, 0.25) is 10.0 Å². The van der Waals surface area contributed by atoms with Crippen LogP contribution in [-0.4, -0.2) is 44.0 Å². The van der Waals surface area contributed by atoms with E-state index in [2.05, 4.69) is 19.8 Å². The second kappa shape index (κ2) is 5.83. The van der Waals surface area contributed by atoms with Crippen molar-refractivity contribution in [3.63, 3.8) is 0 Å². The Morgan fingerprint density at radius 2 is 2.10 bits per heavy atom. The number of nitrogens with one attached hydrogen (secondary N) is 1. The van der Waals surface area contributed by atoms with E-state index in [4.69, 9.17) is 0 Å². The smallest absolute Gasteiger partial charge is 0.209 e. The van der Waals surface area contributed by atoms with Gasteiger partial charge >= 0.3 is 0 Å². The maximum absolute atomic E-state index is 11.5. The van der Waals surface area contributed by atoms with E-state index in [1.807, 2.05) is 12.1 Å². The molecule has 1 aliphatic heterocycles. The van der Waals surface area contributed by atoms with E-state index in [0.29, 0.717) is 18.4 Å². The van der Waals surface area contributed by atoms with Gasteiger partial charge in [-0.2, -0.15) is 5.10 Å². The molecule has 2 fully saturated rings. The molecule has 2 atom stereocenters. The van der Waals surface area contributed by atoms with Crippen molar-refractivity contribution in [2.45, 2.75) is 18.9 Å². The molecule has 1 N–H and O–H groups in total. The molecule has 1 saturated carbocycles. The standard InChI is InChI=1S/C12H18N4O2S.ClH/c1-19(17,18)15-11-8-16(7-10(11)9-4-5-9)12-3-2-6-13-14-12;/h2-3,6,9-11,15H,4-5,7-8H2,1H3;1H/t10-,11+;/m1./s1. The molecule has 6 nitrogen and oxygen atoms in total. The quantitative estimate of drug-likeness (QED) is 0.883. The van der Waals surface area contributed by atoms with Gasteiger partial charge in [0.15, 0.2) is 5.82 Å². The molecule has 1 aromatic heterocycles. The lowest BCUT2D eigenvalue weighted by atomic mass is 9.99. The van der Waals surface area contributed by atoms with Gasteiger partial charge in [-0.05, 0) is 36.8 Å². The van der Waals surface area contributed by atoms with E-state index in [9.17, 15) is 8.42 Å². The molecule has 0 spiro atoms. The Balaban J connectivity index is 0.00000147. The van der Waals surface area contributed by atoms with Crippen molar-refractivity contribution in [3.05, 3.63) is 18.3 Å². The highest BCUT2D eigenvalue weighted by Crippen LogP contribution is 2.42. The van der Waals surface area contributed by atoms with Crippen LogP contribution in [0.2, 0.25) is 0 Å². The van der Waals surface area contributed by atoms with Crippen LogP contribution >= 0.6 is 12.4 Å². The Morgan fingerprint density at radius 1 is 1.35 bits per heavy atom. The average molecular weight is 319 g/mol. The highest BCUT2D eigenvalue weighted by molar-refractivity contribution is 7.88. The zero-order valence-corrected chi connectivity index (χ0v) is 12.9. The minimum atomic E-state index is -3.16. The number of nitrogens with zero attached hydrogens (tertiary/aromatic N) is 3. The second-order valence-electron chi connectivity index (χ2n) is 5.48. The van der Waals surface area contributed by atoms with Crippen LogP contribution < -0.4 is 9.62 Å². The third kappa shape index (κ3) is 3.59. The number of hydrogen-bond acceptors (Lipinski definition) is 5. The molecule has 0 amide bonds. The Labute approximate surface area is 125 Å². The van der Waals surface area contributed by atoms with Crippen LogP contribution in [0.15, 0.2) is 18.3 Å². The Kier molecular flexibility index (Phi) is 4.51. The van der Waals surface area contributed by atoms with Crippen LogP contribution in [0.4, 0.5) is 5.82 Å². The molecular formula is C12H19ClN4O2S. The maximum Gasteiger partial charge on any atom is 0.209 e. The summed E-state index contributed by atoms with van der Waals surface area (Å²) >= 11 is 0. The molecule has 8 heteroatoms. The van der Waals surface area contributed by atoms with Crippen molar-refractivity contribution in [1.29, 1.82) is 0 Å². The Bertz CT molecular complexity index is 550. The summed E-state index contributed by atoms with van der Waals surface area (Å²) in [5, 5.41) is 7.99. The molecular weight excluding hydrogens is 300 g/mol. The number of aromatic nitrogens is 2. The lowest BCUT2D eigenvalue weighted by Crippen LogP contribution is -2.40. The third-order valence-corrected chi connectivity index (χ3v) is 4.57. The molecule has 2 heterocycles. The highest BCUT2D eigenvalue weighted by Gasteiger charge is 2.43. The summed E-state index contributed by atoms with van der Waals surface area (Å²) in [4.78, 5) is 2.12. The molecule has 20 heavy (non-hydrogen) atoms. The fraction of sp³-hybridized carbons (Fsp3) is 0.667. The van der Waals surface area contributed by atoms with Crippen LogP contribution in [0.25, 0.3) is 0 Å². The molecule has 1 aliphatic carbocycles. The summed E-state index contributed by atoms with van der Waals surface area (Å²) in [6, 6.07) is 3.76. The largest absolute Gasteiger partial charge is 0.353 e. The van der Waals surface area contributed by atoms with Gasteiger partial charge in [0, 0.05) is 25.3 Å². The summed E-state index contributed by atoms with van der Waals surface area (Å²) in [6.07, 6.45) is 5.29. The first kappa shape index (κ1) is 15.5. The van der Waals surface area contributed by atoms with Gasteiger partial charge in [0.05, 0.1) is 6.26 Å². The summed E-state index contributed by atoms with van der Waals surface area (Å²) in [7, 11) is -3.16. The second-order valence-corrected chi connectivity index (χ2v) is 7.26. The van der Waals surface area contributed by atoms with E-state index in [-0.39, 0.29) is 18.4 Å². The van der Waals surface area contributed by atoms with Gasteiger partial charge < -0.3 is 4.90 Å². The fourth-order valence-corrected chi connectivity index (χ4v) is 3.68. The number of anilines is 1. The van der Waals surface area contributed by atoms with Crippen LogP contribution in [0, 0.1) is 11.8 Å². The van der Waals surface area contributed by atoms with Gasteiger partial charge in [-0.15, -0.1) is 17.5 Å². The maximum atomic E-state index is 11.5. The average Bonchev–Trinajstić information content (AvgIpc) is 3.11. The first-order valence-corrected chi connectivity index (χ1v) is 8.42. The van der Waals surface area contributed by atoms with Crippen LogP contribution in [-0.2, 0) is 10.0 Å². The van der Waals surface area contributed by atoms with Crippen molar-refractivity contribution >= 4 is 28.2 Å². The summed E-state index contributed by atoms with van der Waals surface area (Å²) in [6.45, 7) is 1.53.